The minimum absolute atomic E-state index is 0.124. The van der Waals surface area contributed by atoms with Crippen molar-refractivity contribution in [3.63, 3.8) is 0 Å². The maximum Gasteiger partial charge on any atom is 0.0802 e. The van der Waals surface area contributed by atoms with Crippen molar-refractivity contribution in [3.05, 3.63) is 34.9 Å². The first kappa shape index (κ1) is 12.6. The standard InChI is InChI=1S/C15H23NO/c1-12-7-13(2)9-14(8-12)10-16-11-15(17-3)5-4-6-15/h7-9,16H,4-6,10-11H2,1-3H3. The molecule has 1 aromatic rings. The summed E-state index contributed by atoms with van der Waals surface area (Å²) in [6, 6.07) is 6.71. The van der Waals surface area contributed by atoms with Gasteiger partial charge in [-0.1, -0.05) is 29.3 Å². The fourth-order valence-corrected chi connectivity index (χ4v) is 2.63. The lowest BCUT2D eigenvalue weighted by atomic mass is 9.80. The van der Waals surface area contributed by atoms with Gasteiger partial charge in [-0.05, 0) is 38.7 Å². The van der Waals surface area contributed by atoms with Gasteiger partial charge in [0.25, 0.3) is 0 Å². The Hall–Kier alpha value is -0.860. The minimum atomic E-state index is 0.124. The molecule has 0 bridgehead atoms. The summed E-state index contributed by atoms with van der Waals surface area (Å²) in [4.78, 5) is 0. The predicted molar refractivity (Wildman–Crippen MR) is 71.2 cm³/mol. The highest BCUT2D eigenvalue weighted by molar-refractivity contribution is 5.28. The summed E-state index contributed by atoms with van der Waals surface area (Å²) < 4.78 is 5.60. The van der Waals surface area contributed by atoms with Gasteiger partial charge in [-0.25, -0.2) is 0 Å². The lowest BCUT2D eigenvalue weighted by Gasteiger charge is -2.40. The zero-order valence-electron chi connectivity index (χ0n) is 11.2. The van der Waals surface area contributed by atoms with Crippen LogP contribution in [0.25, 0.3) is 0 Å². The lowest BCUT2D eigenvalue weighted by molar-refractivity contribution is -0.0695. The van der Waals surface area contributed by atoms with Crippen LogP contribution >= 0.6 is 0 Å². The van der Waals surface area contributed by atoms with Crippen molar-refractivity contribution in [2.24, 2.45) is 0 Å². The van der Waals surface area contributed by atoms with Gasteiger partial charge in [-0.15, -0.1) is 0 Å². The minimum Gasteiger partial charge on any atom is -0.377 e. The molecule has 0 unspecified atom stereocenters. The molecule has 2 nitrogen and oxygen atoms in total. The van der Waals surface area contributed by atoms with Crippen molar-refractivity contribution in [3.8, 4) is 0 Å². The molecule has 0 heterocycles. The maximum atomic E-state index is 5.60. The van der Waals surface area contributed by atoms with E-state index in [2.05, 4.69) is 37.4 Å². The molecule has 1 aliphatic rings. The average molecular weight is 233 g/mol. The van der Waals surface area contributed by atoms with E-state index in [1.165, 1.54) is 36.0 Å². The van der Waals surface area contributed by atoms with Crippen LogP contribution < -0.4 is 5.32 Å². The summed E-state index contributed by atoms with van der Waals surface area (Å²) in [6.07, 6.45) is 3.70. The van der Waals surface area contributed by atoms with E-state index in [0.29, 0.717) is 0 Å². The van der Waals surface area contributed by atoms with Gasteiger partial charge in [0.05, 0.1) is 5.60 Å². The van der Waals surface area contributed by atoms with Crippen LogP contribution in [0.1, 0.15) is 36.0 Å². The summed E-state index contributed by atoms with van der Waals surface area (Å²) in [6.45, 7) is 6.21. The van der Waals surface area contributed by atoms with E-state index >= 15 is 0 Å². The molecule has 2 rings (SSSR count). The molecule has 1 aliphatic carbocycles. The van der Waals surface area contributed by atoms with E-state index in [9.17, 15) is 0 Å². The Labute approximate surface area is 104 Å². The van der Waals surface area contributed by atoms with E-state index in [0.717, 1.165) is 13.1 Å². The predicted octanol–water partition coefficient (Wildman–Crippen LogP) is 2.96. The molecule has 0 radical (unpaired) electrons. The molecular formula is C15H23NO. The first-order valence-electron chi connectivity index (χ1n) is 6.47. The van der Waals surface area contributed by atoms with Crippen molar-refractivity contribution in [2.45, 2.75) is 45.3 Å². The summed E-state index contributed by atoms with van der Waals surface area (Å²) in [7, 11) is 1.83. The van der Waals surface area contributed by atoms with Crippen LogP contribution in [0.4, 0.5) is 0 Å². The number of aryl methyl sites for hydroxylation is 2. The van der Waals surface area contributed by atoms with E-state index in [1.54, 1.807) is 0 Å². The molecule has 1 aromatic carbocycles. The maximum absolute atomic E-state index is 5.60. The molecule has 1 fully saturated rings. The SMILES string of the molecule is COC1(CNCc2cc(C)cc(C)c2)CCC1. The molecule has 1 N–H and O–H groups in total. The Morgan fingerprint density at radius 1 is 1.18 bits per heavy atom. The van der Waals surface area contributed by atoms with Crippen molar-refractivity contribution in [1.29, 1.82) is 0 Å². The topological polar surface area (TPSA) is 21.3 Å². The summed E-state index contributed by atoms with van der Waals surface area (Å²) in [5, 5.41) is 3.52. The van der Waals surface area contributed by atoms with Gasteiger partial charge < -0.3 is 10.1 Å². The van der Waals surface area contributed by atoms with Gasteiger partial charge in [0.2, 0.25) is 0 Å². The first-order valence-corrected chi connectivity index (χ1v) is 6.47. The zero-order valence-corrected chi connectivity index (χ0v) is 11.2. The number of hydrogen-bond acceptors (Lipinski definition) is 2. The fraction of sp³-hybridized carbons (Fsp3) is 0.600. The van der Waals surface area contributed by atoms with Crippen LogP contribution in [0.5, 0.6) is 0 Å². The Kier molecular flexibility index (Phi) is 3.85. The molecule has 0 amide bonds. The van der Waals surface area contributed by atoms with Crippen LogP contribution in [-0.2, 0) is 11.3 Å². The third-order valence-corrected chi connectivity index (χ3v) is 3.76. The Balaban J connectivity index is 1.85. The Morgan fingerprint density at radius 2 is 1.82 bits per heavy atom. The van der Waals surface area contributed by atoms with Crippen LogP contribution in [0.3, 0.4) is 0 Å². The molecule has 0 aliphatic heterocycles. The van der Waals surface area contributed by atoms with E-state index in [1.807, 2.05) is 7.11 Å². The van der Waals surface area contributed by atoms with Crippen molar-refractivity contribution < 1.29 is 4.74 Å². The highest BCUT2D eigenvalue weighted by Crippen LogP contribution is 2.34. The van der Waals surface area contributed by atoms with E-state index in [-0.39, 0.29) is 5.60 Å². The Bertz CT molecular complexity index is 357. The molecule has 2 heteroatoms. The number of nitrogens with one attached hydrogen (secondary N) is 1. The molecule has 94 valence electrons. The second-order valence-electron chi connectivity index (χ2n) is 5.34. The van der Waals surface area contributed by atoms with Gasteiger partial charge in [-0.3, -0.25) is 0 Å². The largest absolute Gasteiger partial charge is 0.377 e. The summed E-state index contributed by atoms with van der Waals surface area (Å²) >= 11 is 0. The van der Waals surface area contributed by atoms with Crippen LogP contribution in [0.15, 0.2) is 18.2 Å². The van der Waals surface area contributed by atoms with Crippen molar-refractivity contribution in [1.82, 2.24) is 5.32 Å². The molecule has 17 heavy (non-hydrogen) atoms. The second-order valence-corrected chi connectivity index (χ2v) is 5.34. The first-order chi connectivity index (χ1) is 8.13. The van der Waals surface area contributed by atoms with Gasteiger partial charge in [0.1, 0.15) is 0 Å². The van der Waals surface area contributed by atoms with Crippen LogP contribution in [0.2, 0.25) is 0 Å². The lowest BCUT2D eigenvalue weighted by Crippen LogP contribution is -2.47. The number of ether oxygens (including phenoxy) is 1. The van der Waals surface area contributed by atoms with Gasteiger partial charge in [-0.2, -0.15) is 0 Å². The zero-order chi connectivity index (χ0) is 12.3. The van der Waals surface area contributed by atoms with Gasteiger partial charge in [0, 0.05) is 20.2 Å². The molecular weight excluding hydrogens is 210 g/mol. The van der Waals surface area contributed by atoms with Crippen LogP contribution in [-0.4, -0.2) is 19.3 Å². The normalized spacial score (nSPS) is 17.8. The van der Waals surface area contributed by atoms with Gasteiger partial charge >= 0.3 is 0 Å². The smallest absolute Gasteiger partial charge is 0.0802 e. The molecule has 0 aromatic heterocycles. The monoisotopic (exact) mass is 233 g/mol. The third-order valence-electron chi connectivity index (χ3n) is 3.76. The van der Waals surface area contributed by atoms with E-state index in [4.69, 9.17) is 4.74 Å². The van der Waals surface area contributed by atoms with Gasteiger partial charge in [0.15, 0.2) is 0 Å². The van der Waals surface area contributed by atoms with Crippen LogP contribution in [0, 0.1) is 13.8 Å². The van der Waals surface area contributed by atoms with Crippen molar-refractivity contribution in [2.75, 3.05) is 13.7 Å². The summed E-state index contributed by atoms with van der Waals surface area (Å²) in [5.74, 6) is 0. The molecule has 0 spiro atoms. The number of benzene rings is 1. The molecule has 0 saturated heterocycles. The third kappa shape index (κ3) is 3.08. The number of hydrogen-bond donors (Lipinski definition) is 1. The fourth-order valence-electron chi connectivity index (χ4n) is 2.63. The number of rotatable bonds is 5. The number of methoxy groups -OCH3 is 1. The highest BCUT2D eigenvalue weighted by Gasteiger charge is 2.36. The average Bonchev–Trinajstić information content (AvgIpc) is 2.20. The Morgan fingerprint density at radius 3 is 2.29 bits per heavy atom. The van der Waals surface area contributed by atoms with Crippen molar-refractivity contribution >= 4 is 0 Å². The molecule has 0 atom stereocenters. The quantitative estimate of drug-likeness (QED) is 0.844. The summed E-state index contributed by atoms with van der Waals surface area (Å²) in [5.41, 5.74) is 4.17. The van der Waals surface area contributed by atoms with E-state index < -0.39 is 0 Å². The second kappa shape index (κ2) is 5.19. The molecule has 1 saturated carbocycles. The highest BCUT2D eigenvalue weighted by atomic mass is 16.5.